The van der Waals surface area contributed by atoms with Crippen molar-refractivity contribution in [1.29, 1.82) is 0 Å². The third-order valence-corrected chi connectivity index (χ3v) is 4.44. The van der Waals surface area contributed by atoms with Crippen molar-refractivity contribution < 1.29 is 19.1 Å². The van der Waals surface area contributed by atoms with Crippen LogP contribution in [-0.2, 0) is 9.59 Å². The van der Waals surface area contributed by atoms with Gasteiger partial charge in [-0.15, -0.1) is 0 Å². The smallest absolute Gasteiger partial charge is 0.279 e. The first-order valence-corrected chi connectivity index (χ1v) is 9.68. The molecule has 2 aromatic rings. The summed E-state index contributed by atoms with van der Waals surface area (Å²) in [5, 5.41) is 0. The summed E-state index contributed by atoms with van der Waals surface area (Å²) >= 11 is 3.43. The molecule has 0 aliphatic rings. The summed E-state index contributed by atoms with van der Waals surface area (Å²) in [7, 11) is 0. The SMILES string of the molecule is Cc1cc(C)cc(OCC(=O)NNC(=O)C(C)Oc2c(C)cc(Br)cc2C)c1. The van der Waals surface area contributed by atoms with Crippen molar-refractivity contribution in [1.82, 2.24) is 10.9 Å². The highest BCUT2D eigenvalue weighted by molar-refractivity contribution is 9.10. The van der Waals surface area contributed by atoms with Crippen molar-refractivity contribution in [3.8, 4) is 11.5 Å². The fraction of sp³-hybridized carbons (Fsp3) is 0.333. The Balaban J connectivity index is 1.83. The van der Waals surface area contributed by atoms with Crippen LogP contribution in [0.4, 0.5) is 0 Å². The third-order valence-electron chi connectivity index (χ3n) is 3.98. The average molecular weight is 449 g/mol. The van der Waals surface area contributed by atoms with Crippen LogP contribution in [0.25, 0.3) is 0 Å². The summed E-state index contributed by atoms with van der Waals surface area (Å²) in [4.78, 5) is 24.1. The lowest BCUT2D eigenvalue weighted by Crippen LogP contribution is -2.48. The minimum Gasteiger partial charge on any atom is -0.484 e. The molecule has 0 fully saturated rings. The molecule has 2 amide bonds. The molecule has 1 atom stereocenters. The number of hydrogen-bond donors (Lipinski definition) is 2. The number of carbonyl (C=O) groups excluding carboxylic acids is 2. The molecular weight excluding hydrogens is 424 g/mol. The molecule has 0 aliphatic heterocycles. The third kappa shape index (κ3) is 6.27. The van der Waals surface area contributed by atoms with Gasteiger partial charge in [-0.3, -0.25) is 20.4 Å². The first-order chi connectivity index (χ1) is 13.2. The molecule has 2 rings (SSSR count). The van der Waals surface area contributed by atoms with Crippen LogP contribution in [0.5, 0.6) is 11.5 Å². The standard InChI is InChI=1S/C21H25BrN2O4/c1-12-6-13(2)8-18(7-12)27-11-19(25)23-24-21(26)16(5)28-20-14(3)9-17(22)10-15(20)4/h6-10,16H,11H2,1-5H3,(H,23,25)(H,24,26). The van der Waals surface area contributed by atoms with E-state index in [0.29, 0.717) is 11.5 Å². The number of benzene rings is 2. The largest absolute Gasteiger partial charge is 0.484 e. The molecule has 1 unspecified atom stereocenters. The zero-order valence-electron chi connectivity index (χ0n) is 16.7. The Morgan fingerprint density at radius 2 is 1.54 bits per heavy atom. The molecule has 0 bridgehead atoms. The van der Waals surface area contributed by atoms with E-state index >= 15 is 0 Å². The van der Waals surface area contributed by atoms with Crippen LogP contribution in [0.3, 0.4) is 0 Å². The summed E-state index contributed by atoms with van der Waals surface area (Å²) in [6.07, 6.45) is -0.779. The minimum atomic E-state index is -0.779. The van der Waals surface area contributed by atoms with E-state index in [1.807, 2.05) is 58.0 Å². The molecule has 0 heterocycles. The highest BCUT2D eigenvalue weighted by Crippen LogP contribution is 2.28. The predicted octanol–water partition coefficient (Wildman–Crippen LogP) is 3.68. The molecule has 28 heavy (non-hydrogen) atoms. The van der Waals surface area contributed by atoms with Crippen LogP contribution < -0.4 is 20.3 Å². The Kier molecular flexibility index (Phi) is 7.45. The van der Waals surface area contributed by atoms with Gasteiger partial charge in [0.15, 0.2) is 12.7 Å². The number of rotatable bonds is 6. The number of ether oxygens (including phenoxy) is 2. The highest BCUT2D eigenvalue weighted by atomic mass is 79.9. The monoisotopic (exact) mass is 448 g/mol. The molecule has 6 nitrogen and oxygen atoms in total. The fourth-order valence-electron chi connectivity index (χ4n) is 2.75. The molecule has 0 radical (unpaired) electrons. The van der Waals surface area contributed by atoms with E-state index in [0.717, 1.165) is 26.7 Å². The first-order valence-electron chi connectivity index (χ1n) is 8.89. The number of carbonyl (C=O) groups is 2. The van der Waals surface area contributed by atoms with E-state index in [-0.39, 0.29) is 6.61 Å². The van der Waals surface area contributed by atoms with Gasteiger partial charge < -0.3 is 9.47 Å². The second-order valence-corrected chi connectivity index (χ2v) is 7.69. The van der Waals surface area contributed by atoms with Crippen molar-refractivity contribution >= 4 is 27.7 Å². The zero-order valence-corrected chi connectivity index (χ0v) is 18.3. The molecular formula is C21H25BrN2O4. The number of halogens is 1. The van der Waals surface area contributed by atoms with Gasteiger partial charge in [0.2, 0.25) is 0 Å². The van der Waals surface area contributed by atoms with Crippen molar-refractivity contribution in [3.63, 3.8) is 0 Å². The summed E-state index contributed by atoms with van der Waals surface area (Å²) in [6, 6.07) is 9.54. The first kappa shape index (κ1) is 21.8. The minimum absolute atomic E-state index is 0.205. The zero-order chi connectivity index (χ0) is 20.8. The van der Waals surface area contributed by atoms with Crippen LogP contribution in [-0.4, -0.2) is 24.5 Å². The van der Waals surface area contributed by atoms with E-state index in [1.54, 1.807) is 6.92 Å². The Morgan fingerprint density at radius 3 is 2.11 bits per heavy atom. The number of nitrogens with one attached hydrogen (secondary N) is 2. The van der Waals surface area contributed by atoms with E-state index in [2.05, 4.69) is 26.8 Å². The lowest BCUT2D eigenvalue weighted by molar-refractivity contribution is -0.133. The van der Waals surface area contributed by atoms with Gasteiger partial charge in [0, 0.05) is 4.47 Å². The number of aryl methyl sites for hydroxylation is 4. The highest BCUT2D eigenvalue weighted by Gasteiger charge is 2.18. The predicted molar refractivity (Wildman–Crippen MR) is 111 cm³/mol. The van der Waals surface area contributed by atoms with Gasteiger partial charge in [0.25, 0.3) is 11.8 Å². The van der Waals surface area contributed by atoms with Crippen LogP contribution >= 0.6 is 15.9 Å². The number of hydrazine groups is 1. The fourth-order valence-corrected chi connectivity index (χ4v) is 3.43. The van der Waals surface area contributed by atoms with Gasteiger partial charge in [0.05, 0.1) is 0 Å². The Bertz CT molecular complexity index is 839. The quantitative estimate of drug-likeness (QED) is 0.660. The number of hydrogen-bond acceptors (Lipinski definition) is 4. The van der Waals surface area contributed by atoms with Gasteiger partial charge in [-0.2, -0.15) is 0 Å². The maximum absolute atomic E-state index is 12.2. The Hall–Kier alpha value is -2.54. The van der Waals surface area contributed by atoms with Crippen LogP contribution in [0.15, 0.2) is 34.8 Å². The van der Waals surface area contributed by atoms with E-state index in [1.165, 1.54) is 0 Å². The van der Waals surface area contributed by atoms with Gasteiger partial charge in [0.1, 0.15) is 11.5 Å². The summed E-state index contributed by atoms with van der Waals surface area (Å²) in [6.45, 7) is 9.14. The average Bonchev–Trinajstić information content (AvgIpc) is 2.59. The van der Waals surface area contributed by atoms with E-state index < -0.39 is 17.9 Å². The molecule has 0 aromatic heterocycles. The van der Waals surface area contributed by atoms with Gasteiger partial charge in [-0.1, -0.05) is 22.0 Å². The second kappa shape index (κ2) is 9.59. The van der Waals surface area contributed by atoms with Crippen molar-refractivity contribution in [2.75, 3.05) is 6.61 Å². The Morgan fingerprint density at radius 1 is 0.964 bits per heavy atom. The van der Waals surface area contributed by atoms with E-state index in [4.69, 9.17) is 9.47 Å². The summed E-state index contributed by atoms with van der Waals surface area (Å²) < 4.78 is 12.2. The molecule has 0 aliphatic carbocycles. The Labute approximate surface area is 173 Å². The second-order valence-electron chi connectivity index (χ2n) is 6.78. The van der Waals surface area contributed by atoms with Gasteiger partial charge in [-0.25, -0.2) is 0 Å². The van der Waals surface area contributed by atoms with Crippen molar-refractivity contribution in [2.45, 2.75) is 40.7 Å². The summed E-state index contributed by atoms with van der Waals surface area (Å²) in [5.41, 5.74) is 8.62. The molecule has 0 saturated heterocycles. The molecule has 0 spiro atoms. The van der Waals surface area contributed by atoms with Crippen LogP contribution in [0.2, 0.25) is 0 Å². The van der Waals surface area contributed by atoms with Crippen LogP contribution in [0, 0.1) is 27.7 Å². The van der Waals surface area contributed by atoms with Crippen LogP contribution in [0.1, 0.15) is 29.2 Å². The maximum Gasteiger partial charge on any atom is 0.279 e. The lowest BCUT2D eigenvalue weighted by Gasteiger charge is -2.18. The topological polar surface area (TPSA) is 76.7 Å². The van der Waals surface area contributed by atoms with E-state index in [9.17, 15) is 9.59 Å². The molecule has 7 heteroatoms. The van der Waals surface area contributed by atoms with Crippen molar-refractivity contribution in [3.05, 3.63) is 57.1 Å². The lowest BCUT2D eigenvalue weighted by atomic mass is 10.1. The molecule has 150 valence electrons. The summed E-state index contributed by atoms with van der Waals surface area (Å²) in [5.74, 6) is 0.337. The number of amides is 2. The van der Waals surface area contributed by atoms with Gasteiger partial charge >= 0.3 is 0 Å². The molecule has 2 N–H and O–H groups in total. The maximum atomic E-state index is 12.2. The normalized spacial score (nSPS) is 11.5. The van der Waals surface area contributed by atoms with Gasteiger partial charge in [-0.05, 0) is 81.1 Å². The molecule has 0 saturated carbocycles. The van der Waals surface area contributed by atoms with Crippen molar-refractivity contribution in [2.24, 2.45) is 0 Å². The molecule has 2 aromatic carbocycles.